The standard InChI is InChI=1S/C15H10ClNO4S3/c16-10-1-3-11(4-2-10)24(20,21)8-9-5-6-22-13(9)14-17-12(7-23-14)15(18)19/h1-7H,8H2,(H,18,19). The first-order chi connectivity index (χ1) is 11.4. The first-order valence-corrected chi connectivity index (χ1v) is 10.4. The molecule has 0 spiro atoms. The monoisotopic (exact) mass is 399 g/mol. The number of carboxylic acids is 1. The number of sulfone groups is 1. The van der Waals surface area contributed by atoms with Crippen LogP contribution in [0.2, 0.25) is 5.02 Å². The van der Waals surface area contributed by atoms with Gasteiger partial charge in [-0.2, -0.15) is 0 Å². The summed E-state index contributed by atoms with van der Waals surface area (Å²) in [7, 11) is -3.53. The van der Waals surface area contributed by atoms with Crippen molar-refractivity contribution in [2.45, 2.75) is 10.6 Å². The van der Waals surface area contributed by atoms with Gasteiger partial charge < -0.3 is 5.11 Å². The molecule has 9 heteroatoms. The van der Waals surface area contributed by atoms with E-state index in [2.05, 4.69) is 4.98 Å². The molecule has 0 amide bonds. The van der Waals surface area contributed by atoms with Gasteiger partial charge in [0.1, 0.15) is 5.01 Å². The van der Waals surface area contributed by atoms with Gasteiger partial charge in [-0.25, -0.2) is 18.2 Å². The van der Waals surface area contributed by atoms with E-state index in [4.69, 9.17) is 16.7 Å². The van der Waals surface area contributed by atoms with Crippen molar-refractivity contribution in [1.82, 2.24) is 4.98 Å². The fraction of sp³-hybridized carbons (Fsp3) is 0.0667. The number of thiazole rings is 1. The second kappa shape index (κ2) is 6.64. The maximum Gasteiger partial charge on any atom is 0.355 e. The van der Waals surface area contributed by atoms with Crippen molar-refractivity contribution in [3.8, 4) is 9.88 Å². The fourth-order valence-electron chi connectivity index (χ4n) is 2.04. The summed E-state index contributed by atoms with van der Waals surface area (Å²) < 4.78 is 25.1. The summed E-state index contributed by atoms with van der Waals surface area (Å²) in [4.78, 5) is 15.9. The third-order valence-corrected chi connectivity index (χ3v) is 7.07. The Hall–Kier alpha value is -1.74. The van der Waals surface area contributed by atoms with Crippen LogP contribution >= 0.6 is 34.3 Å². The molecule has 0 unspecified atom stereocenters. The molecule has 0 atom stereocenters. The minimum atomic E-state index is -3.53. The lowest BCUT2D eigenvalue weighted by Crippen LogP contribution is -2.05. The number of carboxylic acid groups (broad SMARTS) is 1. The van der Waals surface area contributed by atoms with Gasteiger partial charge in [0.05, 0.1) is 15.5 Å². The molecule has 1 aromatic carbocycles. The van der Waals surface area contributed by atoms with Gasteiger partial charge in [0, 0.05) is 10.4 Å². The third-order valence-electron chi connectivity index (χ3n) is 3.18. The summed E-state index contributed by atoms with van der Waals surface area (Å²) in [5.74, 6) is -1.29. The molecule has 0 saturated carbocycles. The lowest BCUT2D eigenvalue weighted by Gasteiger charge is -2.05. The molecular weight excluding hydrogens is 390 g/mol. The Bertz CT molecular complexity index is 990. The van der Waals surface area contributed by atoms with Crippen molar-refractivity contribution in [2.24, 2.45) is 0 Å². The minimum absolute atomic E-state index is 0.0464. The molecule has 3 aromatic rings. The van der Waals surface area contributed by atoms with Crippen molar-refractivity contribution in [2.75, 3.05) is 0 Å². The Kier molecular flexibility index (Phi) is 4.73. The van der Waals surface area contributed by atoms with Gasteiger partial charge in [0.15, 0.2) is 15.5 Å². The van der Waals surface area contributed by atoms with Crippen LogP contribution in [-0.4, -0.2) is 24.5 Å². The Morgan fingerprint density at radius 3 is 2.50 bits per heavy atom. The number of halogens is 1. The Balaban J connectivity index is 1.92. The first-order valence-electron chi connectivity index (χ1n) is 6.61. The summed E-state index contributed by atoms with van der Waals surface area (Å²) in [6, 6.07) is 7.71. The quantitative estimate of drug-likeness (QED) is 0.695. The number of hydrogen-bond acceptors (Lipinski definition) is 6. The zero-order valence-corrected chi connectivity index (χ0v) is 15.2. The van der Waals surface area contributed by atoms with E-state index in [-0.39, 0.29) is 16.3 Å². The summed E-state index contributed by atoms with van der Waals surface area (Å²) in [5.41, 5.74) is 0.552. The van der Waals surface area contributed by atoms with Crippen molar-refractivity contribution in [1.29, 1.82) is 0 Å². The number of aromatic carboxylic acids is 1. The van der Waals surface area contributed by atoms with Gasteiger partial charge in [-0.1, -0.05) is 11.6 Å². The van der Waals surface area contributed by atoms with Crippen LogP contribution in [0.15, 0.2) is 46.0 Å². The van der Waals surface area contributed by atoms with E-state index in [0.29, 0.717) is 20.5 Å². The lowest BCUT2D eigenvalue weighted by atomic mass is 10.3. The predicted octanol–water partition coefficient (Wildman–Crippen LogP) is 4.20. The van der Waals surface area contributed by atoms with Crippen LogP contribution in [0.3, 0.4) is 0 Å². The molecule has 0 saturated heterocycles. The number of hydrogen-bond donors (Lipinski definition) is 1. The molecule has 0 fully saturated rings. The van der Waals surface area contributed by atoms with E-state index < -0.39 is 15.8 Å². The number of thiophene rings is 1. The van der Waals surface area contributed by atoms with Crippen LogP contribution in [0, 0.1) is 0 Å². The van der Waals surface area contributed by atoms with E-state index >= 15 is 0 Å². The van der Waals surface area contributed by atoms with E-state index in [1.165, 1.54) is 52.3 Å². The van der Waals surface area contributed by atoms with Crippen molar-refractivity contribution < 1.29 is 18.3 Å². The molecule has 3 rings (SSSR count). The molecule has 5 nitrogen and oxygen atoms in total. The van der Waals surface area contributed by atoms with Crippen LogP contribution in [0.5, 0.6) is 0 Å². The van der Waals surface area contributed by atoms with E-state index in [1.54, 1.807) is 11.4 Å². The van der Waals surface area contributed by atoms with E-state index in [0.717, 1.165) is 0 Å². The number of carbonyl (C=O) groups is 1. The van der Waals surface area contributed by atoms with Gasteiger partial charge in [-0.3, -0.25) is 0 Å². The average Bonchev–Trinajstić information content (AvgIpc) is 3.15. The highest BCUT2D eigenvalue weighted by Gasteiger charge is 2.21. The highest BCUT2D eigenvalue weighted by Crippen LogP contribution is 2.34. The zero-order chi connectivity index (χ0) is 17.3. The summed E-state index contributed by atoms with van der Waals surface area (Å²) in [6.45, 7) is 0. The van der Waals surface area contributed by atoms with E-state index in [9.17, 15) is 13.2 Å². The molecule has 0 aliphatic carbocycles. The minimum Gasteiger partial charge on any atom is -0.476 e. The van der Waals surface area contributed by atoms with E-state index in [1.807, 2.05) is 0 Å². The molecule has 24 heavy (non-hydrogen) atoms. The maximum atomic E-state index is 12.6. The molecule has 2 aromatic heterocycles. The molecular formula is C15H10ClNO4S3. The normalized spacial score (nSPS) is 11.5. The summed E-state index contributed by atoms with van der Waals surface area (Å²) in [5, 5.41) is 13.1. The second-order valence-electron chi connectivity index (χ2n) is 4.83. The molecule has 0 radical (unpaired) electrons. The molecule has 0 bridgehead atoms. The summed E-state index contributed by atoms with van der Waals surface area (Å²) >= 11 is 8.30. The van der Waals surface area contributed by atoms with Crippen LogP contribution in [0.1, 0.15) is 16.1 Å². The highest BCUT2D eigenvalue weighted by molar-refractivity contribution is 7.90. The second-order valence-corrected chi connectivity index (χ2v) is 9.03. The number of rotatable bonds is 5. The highest BCUT2D eigenvalue weighted by atomic mass is 35.5. The van der Waals surface area contributed by atoms with Crippen LogP contribution in [-0.2, 0) is 15.6 Å². The number of benzene rings is 1. The van der Waals surface area contributed by atoms with Crippen molar-refractivity contribution >= 4 is 50.1 Å². The maximum absolute atomic E-state index is 12.6. The van der Waals surface area contributed by atoms with Crippen molar-refractivity contribution in [3.63, 3.8) is 0 Å². The first kappa shape index (κ1) is 17.1. The predicted molar refractivity (Wildman–Crippen MR) is 94.7 cm³/mol. The molecule has 124 valence electrons. The third kappa shape index (κ3) is 3.51. The van der Waals surface area contributed by atoms with Crippen LogP contribution in [0.25, 0.3) is 9.88 Å². The summed E-state index contributed by atoms with van der Waals surface area (Å²) in [6.07, 6.45) is 0. The number of nitrogens with zero attached hydrogens (tertiary/aromatic N) is 1. The topological polar surface area (TPSA) is 84.3 Å². The van der Waals surface area contributed by atoms with Crippen LogP contribution < -0.4 is 0 Å². The van der Waals surface area contributed by atoms with Crippen LogP contribution in [0.4, 0.5) is 0 Å². The smallest absolute Gasteiger partial charge is 0.355 e. The van der Waals surface area contributed by atoms with Gasteiger partial charge in [0.2, 0.25) is 0 Å². The molecule has 0 aliphatic heterocycles. The van der Waals surface area contributed by atoms with Gasteiger partial charge in [-0.05, 0) is 41.3 Å². The SMILES string of the molecule is O=C(O)c1csc(-c2sccc2CS(=O)(=O)c2ccc(Cl)cc2)n1. The Morgan fingerprint density at radius 2 is 1.88 bits per heavy atom. The molecule has 2 heterocycles. The van der Waals surface area contributed by atoms with Crippen molar-refractivity contribution in [3.05, 3.63) is 57.4 Å². The largest absolute Gasteiger partial charge is 0.476 e. The number of aromatic nitrogens is 1. The zero-order valence-electron chi connectivity index (χ0n) is 12.0. The Labute approximate surface area is 151 Å². The molecule has 1 N–H and O–H groups in total. The van der Waals surface area contributed by atoms with Gasteiger partial charge in [-0.15, -0.1) is 22.7 Å². The van der Waals surface area contributed by atoms with Gasteiger partial charge in [0.25, 0.3) is 0 Å². The Morgan fingerprint density at radius 1 is 1.17 bits per heavy atom. The average molecular weight is 400 g/mol. The molecule has 0 aliphatic rings. The van der Waals surface area contributed by atoms with Gasteiger partial charge >= 0.3 is 5.97 Å². The lowest BCUT2D eigenvalue weighted by molar-refractivity contribution is 0.0691. The fourth-order valence-corrected chi connectivity index (χ4v) is 5.49.